The van der Waals surface area contributed by atoms with Gasteiger partial charge in [-0.1, -0.05) is 53.5 Å². The van der Waals surface area contributed by atoms with Gasteiger partial charge in [-0.2, -0.15) is 25.8 Å². The Morgan fingerprint density at radius 2 is 1.68 bits per heavy atom. The third kappa shape index (κ3) is 7.28. The molecule has 0 bridgehead atoms. The fourth-order valence-corrected chi connectivity index (χ4v) is 7.88. The van der Waals surface area contributed by atoms with Gasteiger partial charge >= 0.3 is 6.18 Å². The molecule has 0 radical (unpaired) electrons. The summed E-state index contributed by atoms with van der Waals surface area (Å²) < 4.78 is 58.6. The Labute approximate surface area is 284 Å². The molecule has 1 N–H and O–H groups in total. The number of alkyl halides is 3. The SMILES string of the molecule is CC1COCCC12OC(c1ccc(C(F)(F)F)nc1)c1c(C3CCOCC3)nc3c(c12)C(O)CC1(CCC1)C3.CCC(C)(C)C.CS. The number of halogens is 3. The van der Waals surface area contributed by atoms with Crippen LogP contribution >= 0.6 is 12.6 Å². The molecule has 2 saturated heterocycles. The highest BCUT2D eigenvalue weighted by molar-refractivity contribution is 7.79. The number of hydrogen-bond acceptors (Lipinski definition) is 7. The van der Waals surface area contributed by atoms with Gasteiger partial charge in [-0.3, -0.25) is 9.97 Å². The van der Waals surface area contributed by atoms with Gasteiger partial charge in [0.25, 0.3) is 0 Å². The van der Waals surface area contributed by atoms with Crippen molar-refractivity contribution in [1.82, 2.24) is 9.97 Å². The van der Waals surface area contributed by atoms with Gasteiger partial charge in [-0.25, -0.2) is 0 Å². The van der Waals surface area contributed by atoms with Crippen molar-refractivity contribution in [2.75, 3.05) is 32.7 Å². The molecule has 2 aliphatic carbocycles. The molecule has 2 aromatic rings. The van der Waals surface area contributed by atoms with Gasteiger partial charge in [-0.05, 0) is 67.2 Å². The van der Waals surface area contributed by atoms with Gasteiger partial charge in [0, 0.05) is 66.7 Å². The van der Waals surface area contributed by atoms with Crippen molar-refractivity contribution in [2.45, 2.75) is 122 Å². The molecule has 2 spiro atoms. The van der Waals surface area contributed by atoms with E-state index < -0.39 is 29.7 Å². The molecule has 4 unspecified atom stereocenters. The lowest BCUT2D eigenvalue weighted by atomic mass is 9.58. The van der Waals surface area contributed by atoms with E-state index in [4.69, 9.17) is 19.2 Å². The average Bonchev–Trinajstić information content (AvgIpc) is 3.37. The predicted molar refractivity (Wildman–Crippen MR) is 180 cm³/mol. The smallest absolute Gasteiger partial charge is 0.388 e. The first kappa shape index (κ1) is 36.6. The number of rotatable bonds is 2. The Morgan fingerprint density at radius 3 is 2.21 bits per heavy atom. The van der Waals surface area contributed by atoms with Crippen LogP contribution in [0.1, 0.15) is 143 Å². The highest BCUT2D eigenvalue weighted by atomic mass is 32.1. The van der Waals surface area contributed by atoms with E-state index in [-0.39, 0.29) is 17.3 Å². The summed E-state index contributed by atoms with van der Waals surface area (Å²) in [7, 11) is 0. The van der Waals surface area contributed by atoms with Gasteiger partial charge < -0.3 is 19.3 Å². The number of aliphatic hydroxyl groups is 1. The molecule has 5 aliphatic rings. The van der Waals surface area contributed by atoms with Crippen molar-refractivity contribution in [3.63, 3.8) is 0 Å². The number of nitrogens with zero attached hydrogens (tertiary/aromatic N) is 2. The minimum atomic E-state index is -4.51. The van der Waals surface area contributed by atoms with Crippen molar-refractivity contribution in [3.05, 3.63) is 57.7 Å². The van der Waals surface area contributed by atoms with Crippen LogP contribution in [0, 0.1) is 16.7 Å². The number of aliphatic hydroxyl groups excluding tert-OH is 1. The molecule has 6 nitrogen and oxygen atoms in total. The molecule has 3 aliphatic heterocycles. The van der Waals surface area contributed by atoms with Crippen LogP contribution in [-0.2, 0) is 32.4 Å². The Kier molecular flexibility index (Phi) is 11.1. The average molecular weight is 679 g/mol. The standard InChI is InChI=1S/C30H35F3N2O4.C6H14.CH4S/c1-17-16-38-12-9-29(17)25-23-20(13-28(7-2-8-28)14-21(23)36)35-26(18-5-10-37-11-6-18)24(25)27(39-29)19-3-4-22(34-15-19)30(31,32)33;1-5-6(2,3)4;1-2/h3-4,15,17-18,21,27,36H,2,5-14,16H2,1H3;5H2,1-4H3;2H,1H3. The van der Waals surface area contributed by atoms with E-state index in [0.717, 1.165) is 72.7 Å². The second kappa shape index (κ2) is 14.3. The highest BCUT2D eigenvalue weighted by Crippen LogP contribution is 2.61. The summed E-state index contributed by atoms with van der Waals surface area (Å²) in [5.74, 6) is 0.159. The predicted octanol–water partition coefficient (Wildman–Crippen LogP) is 8.90. The molecule has 5 heterocycles. The molecule has 7 rings (SSSR count). The van der Waals surface area contributed by atoms with E-state index in [2.05, 4.69) is 52.2 Å². The van der Waals surface area contributed by atoms with E-state index in [1.807, 2.05) is 0 Å². The minimum absolute atomic E-state index is 0.00163. The fourth-order valence-electron chi connectivity index (χ4n) is 7.88. The maximum Gasteiger partial charge on any atom is 0.433 e. The van der Waals surface area contributed by atoms with Crippen molar-refractivity contribution in [2.24, 2.45) is 16.7 Å². The van der Waals surface area contributed by atoms with Crippen LogP contribution < -0.4 is 0 Å². The maximum atomic E-state index is 13.4. The second-order valence-corrected chi connectivity index (χ2v) is 15.3. The zero-order valence-corrected chi connectivity index (χ0v) is 29.8. The molecular formula is C37H53F3N2O4S. The molecule has 4 atom stereocenters. The third-order valence-electron chi connectivity index (χ3n) is 11.1. The molecule has 262 valence electrons. The van der Waals surface area contributed by atoms with Crippen molar-refractivity contribution < 1.29 is 32.5 Å². The summed E-state index contributed by atoms with van der Waals surface area (Å²) in [6.07, 6.45) is 5.76. The summed E-state index contributed by atoms with van der Waals surface area (Å²) in [5, 5.41) is 11.7. The highest BCUT2D eigenvalue weighted by Gasteiger charge is 2.56. The van der Waals surface area contributed by atoms with Crippen LogP contribution in [0.4, 0.5) is 13.2 Å². The Hall–Kier alpha value is -1.72. The largest absolute Gasteiger partial charge is 0.433 e. The van der Waals surface area contributed by atoms with E-state index in [1.54, 1.807) is 6.26 Å². The normalized spacial score (nSPS) is 28.4. The van der Waals surface area contributed by atoms with Gasteiger partial charge in [0.2, 0.25) is 0 Å². The molecule has 0 amide bonds. The van der Waals surface area contributed by atoms with Crippen LogP contribution in [0.15, 0.2) is 18.3 Å². The molecule has 47 heavy (non-hydrogen) atoms. The van der Waals surface area contributed by atoms with Crippen molar-refractivity contribution in [1.29, 1.82) is 0 Å². The summed E-state index contributed by atoms with van der Waals surface area (Å²) in [6, 6.07) is 2.52. The van der Waals surface area contributed by atoms with Crippen LogP contribution in [0.3, 0.4) is 0 Å². The van der Waals surface area contributed by atoms with Gasteiger partial charge in [0.15, 0.2) is 0 Å². The first-order valence-corrected chi connectivity index (χ1v) is 18.2. The first-order valence-electron chi connectivity index (χ1n) is 17.3. The number of ether oxygens (including phenoxy) is 3. The number of fused-ring (bicyclic) bond motifs is 4. The molecule has 1 saturated carbocycles. The Balaban J connectivity index is 0.000000490. The second-order valence-electron chi connectivity index (χ2n) is 15.3. The summed E-state index contributed by atoms with van der Waals surface area (Å²) in [5.41, 5.74) is 4.41. The number of pyridine rings is 2. The van der Waals surface area contributed by atoms with Crippen LogP contribution in [-0.4, -0.2) is 47.8 Å². The zero-order valence-electron chi connectivity index (χ0n) is 28.9. The number of thiol groups is 1. The Bertz CT molecular complexity index is 1370. The van der Waals surface area contributed by atoms with Gasteiger partial charge in [-0.15, -0.1) is 0 Å². The fraction of sp³-hybridized carbons (Fsp3) is 0.730. The number of hydrogen-bond donors (Lipinski definition) is 2. The lowest BCUT2D eigenvalue weighted by Crippen LogP contribution is -2.44. The third-order valence-corrected chi connectivity index (χ3v) is 11.1. The molecule has 3 fully saturated rings. The molecule has 2 aromatic heterocycles. The molecular weight excluding hydrogens is 625 g/mol. The lowest BCUT2D eigenvalue weighted by molar-refractivity contribution is -0.157. The topological polar surface area (TPSA) is 73.7 Å². The lowest BCUT2D eigenvalue weighted by Gasteiger charge is -2.48. The summed E-state index contributed by atoms with van der Waals surface area (Å²) >= 11 is 3.53. The molecule has 10 heteroatoms. The summed E-state index contributed by atoms with van der Waals surface area (Å²) in [6.45, 7) is 13.4. The van der Waals surface area contributed by atoms with Crippen LogP contribution in [0.25, 0.3) is 0 Å². The van der Waals surface area contributed by atoms with E-state index in [1.165, 1.54) is 25.1 Å². The minimum Gasteiger partial charge on any atom is -0.388 e. The van der Waals surface area contributed by atoms with Gasteiger partial charge in [0.05, 0.1) is 18.4 Å². The van der Waals surface area contributed by atoms with Gasteiger partial charge in [0.1, 0.15) is 17.4 Å². The van der Waals surface area contributed by atoms with Crippen LogP contribution in [0.5, 0.6) is 0 Å². The summed E-state index contributed by atoms with van der Waals surface area (Å²) in [4.78, 5) is 9.13. The maximum absolute atomic E-state index is 13.4. The zero-order chi connectivity index (χ0) is 34.2. The van der Waals surface area contributed by atoms with E-state index >= 15 is 0 Å². The van der Waals surface area contributed by atoms with Crippen molar-refractivity contribution in [3.8, 4) is 0 Å². The Morgan fingerprint density at radius 1 is 1.00 bits per heavy atom. The monoisotopic (exact) mass is 678 g/mol. The number of aromatic nitrogens is 2. The van der Waals surface area contributed by atoms with Crippen molar-refractivity contribution >= 4 is 12.6 Å². The van der Waals surface area contributed by atoms with E-state index in [0.29, 0.717) is 43.8 Å². The quantitative estimate of drug-likeness (QED) is 0.309. The van der Waals surface area contributed by atoms with Crippen LogP contribution in [0.2, 0.25) is 0 Å². The first-order chi connectivity index (χ1) is 22.3. The molecule has 0 aromatic carbocycles. The van der Waals surface area contributed by atoms with E-state index in [9.17, 15) is 18.3 Å².